The highest BCUT2D eigenvalue weighted by atomic mass is 79.9. The van der Waals surface area contributed by atoms with Gasteiger partial charge < -0.3 is 10.6 Å². The predicted octanol–water partition coefficient (Wildman–Crippen LogP) is 3.01. The zero-order valence-electron chi connectivity index (χ0n) is 11.4. The molecule has 1 rings (SSSR count). The van der Waals surface area contributed by atoms with Gasteiger partial charge in [0.05, 0.1) is 6.54 Å². The van der Waals surface area contributed by atoms with Gasteiger partial charge in [0.2, 0.25) is 5.91 Å². The molecule has 1 aromatic rings. The lowest BCUT2D eigenvalue weighted by molar-refractivity contribution is -0.121. The zero-order chi connectivity index (χ0) is 13.8. The SMILES string of the molecule is C[C@H](NCC(=O)NC(C)(C)C)c1cccc(Br)c1. The van der Waals surface area contributed by atoms with Crippen molar-refractivity contribution >= 4 is 21.8 Å². The summed E-state index contributed by atoms with van der Waals surface area (Å²) in [5, 5.41) is 6.14. The molecule has 0 saturated heterocycles. The first kappa shape index (κ1) is 15.2. The highest BCUT2D eigenvalue weighted by Gasteiger charge is 2.14. The van der Waals surface area contributed by atoms with E-state index in [1.165, 1.54) is 0 Å². The van der Waals surface area contributed by atoms with Gasteiger partial charge in [-0.05, 0) is 45.4 Å². The molecule has 1 atom stereocenters. The van der Waals surface area contributed by atoms with Gasteiger partial charge in [-0.1, -0.05) is 28.1 Å². The van der Waals surface area contributed by atoms with Gasteiger partial charge in [0, 0.05) is 16.1 Å². The van der Waals surface area contributed by atoms with Crippen molar-refractivity contribution in [1.82, 2.24) is 10.6 Å². The lowest BCUT2D eigenvalue weighted by atomic mass is 10.1. The smallest absolute Gasteiger partial charge is 0.234 e. The topological polar surface area (TPSA) is 41.1 Å². The van der Waals surface area contributed by atoms with Crippen LogP contribution in [0.1, 0.15) is 39.3 Å². The predicted molar refractivity (Wildman–Crippen MR) is 78.5 cm³/mol. The standard InChI is InChI=1S/C14H21BrN2O/c1-10(11-6-5-7-12(15)8-11)16-9-13(18)17-14(2,3)4/h5-8,10,16H,9H2,1-4H3,(H,17,18)/t10-/m0/s1. The van der Waals surface area contributed by atoms with Gasteiger partial charge in [0.15, 0.2) is 0 Å². The molecule has 0 aliphatic rings. The number of nitrogens with one attached hydrogen (secondary N) is 2. The van der Waals surface area contributed by atoms with Crippen LogP contribution in [-0.2, 0) is 4.79 Å². The third-order valence-electron chi connectivity index (χ3n) is 2.43. The van der Waals surface area contributed by atoms with Crippen LogP contribution in [0.4, 0.5) is 0 Å². The number of benzene rings is 1. The maximum absolute atomic E-state index is 11.7. The maximum Gasteiger partial charge on any atom is 0.234 e. The number of amides is 1. The van der Waals surface area contributed by atoms with Gasteiger partial charge in [0.25, 0.3) is 0 Å². The number of halogens is 1. The molecule has 3 nitrogen and oxygen atoms in total. The van der Waals surface area contributed by atoms with E-state index in [9.17, 15) is 4.79 Å². The van der Waals surface area contributed by atoms with Crippen LogP contribution in [0.2, 0.25) is 0 Å². The van der Waals surface area contributed by atoms with Crippen LogP contribution in [0.3, 0.4) is 0 Å². The van der Waals surface area contributed by atoms with E-state index in [1.807, 2.05) is 45.9 Å². The molecular weight excluding hydrogens is 292 g/mol. The Balaban J connectivity index is 2.46. The molecule has 18 heavy (non-hydrogen) atoms. The third-order valence-corrected chi connectivity index (χ3v) is 2.93. The molecule has 0 fully saturated rings. The summed E-state index contributed by atoms with van der Waals surface area (Å²) in [5.41, 5.74) is 0.977. The summed E-state index contributed by atoms with van der Waals surface area (Å²) in [7, 11) is 0. The molecule has 0 spiro atoms. The van der Waals surface area contributed by atoms with Gasteiger partial charge in [-0.15, -0.1) is 0 Å². The summed E-state index contributed by atoms with van der Waals surface area (Å²) in [4.78, 5) is 11.7. The Bertz CT molecular complexity index is 413. The van der Waals surface area contributed by atoms with E-state index in [0.29, 0.717) is 6.54 Å². The molecule has 1 aromatic carbocycles. The Kier molecular flexibility index (Phi) is 5.35. The van der Waals surface area contributed by atoms with Crippen LogP contribution in [0.25, 0.3) is 0 Å². The maximum atomic E-state index is 11.7. The van der Waals surface area contributed by atoms with Crippen LogP contribution in [0.15, 0.2) is 28.7 Å². The third kappa shape index (κ3) is 5.65. The van der Waals surface area contributed by atoms with Crippen LogP contribution < -0.4 is 10.6 Å². The van der Waals surface area contributed by atoms with Crippen molar-refractivity contribution in [2.75, 3.05) is 6.54 Å². The van der Waals surface area contributed by atoms with Gasteiger partial charge in [0.1, 0.15) is 0 Å². The lowest BCUT2D eigenvalue weighted by Gasteiger charge is -2.21. The minimum Gasteiger partial charge on any atom is -0.350 e. The summed E-state index contributed by atoms with van der Waals surface area (Å²) in [6.45, 7) is 8.30. The summed E-state index contributed by atoms with van der Waals surface area (Å²) in [6.07, 6.45) is 0. The summed E-state index contributed by atoms with van der Waals surface area (Å²) < 4.78 is 1.05. The number of carbonyl (C=O) groups excluding carboxylic acids is 1. The minimum atomic E-state index is -0.183. The Morgan fingerprint density at radius 2 is 2.06 bits per heavy atom. The quantitative estimate of drug-likeness (QED) is 0.897. The zero-order valence-corrected chi connectivity index (χ0v) is 13.0. The first-order valence-corrected chi connectivity index (χ1v) is 6.87. The molecule has 0 bridgehead atoms. The molecule has 0 aromatic heterocycles. The van der Waals surface area contributed by atoms with E-state index >= 15 is 0 Å². The monoisotopic (exact) mass is 312 g/mol. The van der Waals surface area contributed by atoms with Crippen LogP contribution >= 0.6 is 15.9 Å². The van der Waals surface area contributed by atoms with Crippen LogP contribution in [0, 0.1) is 0 Å². The summed E-state index contributed by atoms with van der Waals surface area (Å²) >= 11 is 3.44. The average Bonchev–Trinajstić information content (AvgIpc) is 2.23. The van der Waals surface area contributed by atoms with E-state index < -0.39 is 0 Å². The molecule has 1 amide bonds. The first-order valence-electron chi connectivity index (χ1n) is 6.08. The van der Waals surface area contributed by atoms with Gasteiger partial charge in [-0.3, -0.25) is 4.79 Å². The Morgan fingerprint density at radius 1 is 1.39 bits per heavy atom. The fraction of sp³-hybridized carbons (Fsp3) is 0.500. The highest BCUT2D eigenvalue weighted by molar-refractivity contribution is 9.10. The van der Waals surface area contributed by atoms with Crippen LogP contribution in [0.5, 0.6) is 0 Å². The van der Waals surface area contributed by atoms with E-state index in [4.69, 9.17) is 0 Å². The second kappa shape index (κ2) is 6.34. The Morgan fingerprint density at radius 3 is 2.61 bits per heavy atom. The van der Waals surface area contributed by atoms with Crippen molar-refractivity contribution in [3.8, 4) is 0 Å². The fourth-order valence-corrected chi connectivity index (χ4v) is 2.02. The fourth-order valence-electron chi connectivity index (χ4n) is 1.60. The van der Waals surface area contributed by atoms with Crippen molar-refractivity contribution in [3.05, 3.63) is 34.3 Å². The molecular formula is C14H21BrN2O. The minimum absolute atomic E-state index is 0.0179. The number of hydrogen-bond acceptors (Lipinski definition) is 2. The second-order valence-electron chi connectivity index (χ2n) is 5.46. The molecule has 2 N–H and O–H groups in total. The second-order valence-corrected chi connectivity index (χ2v) is 6.37. The van der Waals surface area contributed by atoms with E-state index in [0.717, 1.165) is 10.0 Å². The van der Waals surface area contributed by atoms with Crippen molar-refractivity contribution in [1.29, 1.82) is 0 Å². The van der Waals surface area contributed by atoms with Crippen molar-refractivity contribution in [2.24, 2.45) is 0 Å². The number of rotatable bonds is 4. The first-order chi connectivity index (χ1) is 8.28. The lowest BCUT2D eigenvalue weighted by Crippen LogP contribution is -2.45. The average molecular weight is 313 g/mol. The largest absolute Gasteiger partial charge is 0.350 e. The Labute approximate surface area is 117 Å². The van der Waals surface area contributed by atoms with Gasteiger partial charge >= 0.3 is 0 Å². The molecule has 4 heteroatoms. The van der Waals surface area contributed by atoms with Gasteiger partial charge in [-0.25, -0.2) is 0 Å². The molecule has 0 heterocycles. The Hall–Kier alpha value is -0.870. The molecule has 0 unspecified atom stereocenters. The van der Waals surface area contributed by atoms with E-state index in [-0.39, 0.29) is 17.5 Å². The number of hydrogen-bond donors (Lipinski definition) is 2. The molecule has 0 aliphatic carbocycles. The van der Waals surface area contributed by atoms with Crippen LogP contribution in [-0.4, -0.2) is 18.0 Å². The van der Waals surface area contributed by atoms with Gasteiger partial charge in [-0.2, -0.15) is 0 Å². The van der Waals surface area contributed by atoms with Crippen molar-refractivity contribution < 1.29 is 4.79 Å². The molecule has 0 radical (unpaired) electrons. The number of carbonyl (C=O) groups is 1. The molecule has 0 aliphatic heterocycles. The highest BCUT2D eigenvalue weighted by Crippen LogP contribution is 2.17. The summed E-state index contributed by atoms with van der Waals surface area (Å²) in [5.74, 6) is 0.0179. The molecule has 0 saturated carbocycles. The molecule has 100 valence electrons. The normalized spacial score (nSPS) is 13.2. The van der Waals surface area contributed by atoms with Crippen molar-refractivity contribution in [3.63, 3.8) is 0 Å². The van der Waals surface area contributed by atoms with E-state index in [2.05, 4.69) is 32.6 Å². The van der Waals surface area contributed by atoms with E-state index in [1.54, 1.807) is 0 Å². The summed E-state index contributed by atoms with van der Waals surface area (Å²) in [6, 6.07) is 8.23. The van der Waals surface area contributed by atoms with Crippen molar-refractivity contribution in [2.45, 2.75) is 39.3 Å².